The van der Waals surface area contributed by atoms with Crippen LogP contribution in [0.15, 0.2) is 0 Å². The average molecular weight is 215 g/mol. The molecule has 0 spiro atoms. The van der Waals surface area contributed by atoms with Gasteiger partial charge in [-0.05, 0) is 25.0 Å². The molecule has 14 heavy (non-hydrogen) atoms. The predicted octanol–water partition coefficient (Wildman–Crippen LogP) is 2.58. The van der Waals surface area contributed by atoms with Gasteiger partial charge in [-0.15, -0.1) is 0 Å². The van der Waals surface area contributed by atoms with Crippen LogP contribution in [0.25, 0.3) is 0 Å². The molecule has 0 aromatic heterocycles. The van der Waals surface area contributed by atoms with Crippen molar-refractivity contribution in [2.75, 3.05) is 5.75 Å². The van der Waals surface area contributed by atoms with E-state index in [9.17, 15) is 4.79 Å². The number of carbonyl (C=O) groups excluding carboxylic acids is 1. The second-order valence-corrected chi connectivity index (χ2v) is 5.36. The number of amides is 1. The monoisotopic (exact) mass is 215 g/mol. The average Bonchev–Trinajstić information content (AvgIpc) is 2.54. The maximum atomic E-state index is 11.4. The highest BCUT2D eigenvalue weighted by molar-refractivity contribution is 7.99. The van der Waals surface area contributed by atoms with Crippen molar-refractivity contribution in [3.63, 3.8) is 0 Å². The van der Waals surface area contributed by atoms with Crippen LogP contribution in [0.2, 0.25) is 0 Å². The van der Waals surface area contributed by atoms with Crippen LogP contribution in [-0.2, 0) is 4.79 Å². The molecule has 2 nitrogen and oxygen atoms in total. The first-order valence-electron chi connectivity index (χ1n) is 5.68. The fourth-order valence-electron chi connectivity index (χ4n) is 2.01. The van der Waals surface area contributed by atoms with E-state index in [-0.39, 0.29) is 5.91 Å². The first kappa shape index (κ1) is 11.9. The highest BCUT2D eigenvalue weighted by Gasteiger charge is 2.27. The Morgan fingerprint density at radius 3 is 2.86 bits per heavy atom. The van der Waals surface area contributed by atoms with Gasteiger partial charge in [-0.25, -0.2) is 0 Å². The van der Waals surface area contributed by atoms with Crippen molar-refractivity contribution in [2.24, 2.45) is 0 Å². The van der Waals surface area contributed by atoms with E-state index in [2.05, 4.69) is 12.2 Å². The third-order valence-corrected chi connectivity index (χ3v) is 3.98. The van der Waals surface area contributed by atoms with Crippen molar-refractivity contribution < 1.29 is 4.79 Å². The van der Waals surface area contributed by atoms with Gasteiger partial charge in [0.2, 0.25) is 5.91 Å². The zero-order valence-electron chi connectivity index (χ0n) is 9.21. The minimum Gasteiger partial charge on any atom is -0.352 e. The van der Waals surface area contributed by atoms with Gasteiger partial charge < -0.3 is 5.32 Å². The topological polar surface area (TPSA) is 29.1 Å². The molecule has 1 aliphatic rings. The first-order valence-corrected chi connectivity index (χ1v) is 6.73. The molecule has 0 saturated heterocycles. The van der Waals surface area contributed by atoms with Crippen molar-refractivity contribution in [1.82, 2.24) is 5.32 Å². The van der Waals surface area contributed by atoms with E-state index >= 15 is 0 Å². The fourth-order valence-corrected chi connectivity index (χ4v) is 3.21. The van der Waals surface area contributed by atoms with Crippen LogP contribution in [0.5, 0.6) is 0 Å². The number of hydrogen-bond acceptors (Lipinski definition) is 2. The smallest absolute Gasteiger partial charge is 0.220 e. The van der Waals surface area contributed by atoms with Gasteiger partial charge in [0, 0.05) is 17.7 Å². The molecule has 0 aliphatic heterocycles. The zero-order chi connectivity index (χ0) is 10.4. The van der Waals surface area contributed by atoms with Crippen LogP contribution in [0, 0.1) is 0 Å². The molecule has 1 aliphatic carbocycles. The third kappa shape index (κ3) is 3.52. The van der Waals surface area contributed by atoms with Gasteiger partial charge in [-0.3, -0.25) is 4.79 Å². The molecule has 2 atom stereocenters. The second-order valence-electron chi connectivity index (χ2n) is 3.85. The maximum absolute atomic E-state index is 11.4. The Hall–Kier alpha value is -0.180. The number of rotatable bonds is 5. The largest absolute Gasteiger partial charge is 0.352 e. The summed E-state index contributed by atoms with van der Waals surface area (Å²) >= 11 is 1.99. The summed E-state index contributed by atoms with van der Waals surface area (Å²) in [7, 11) is 0. The van der Waals surface area contributed by atoms with Crippen LogP contribution in [0.4, 0.5) is 0 Å². The summed E-state index contributed by atoms with van der Waals surface area (Å²) < 4.78 is 0. The van der Waals surface area contributed by atoms with Gasteiger partial charge in [-0.2, -0.15) is 11.8 Å². The van der Waals surface area contributed by atoms with Gasteiger partial charge >= 0.3 is 0 Å². The van der Waals surface area contributed by atoms with E-state index in [1.54, 1.807) is 0 Å². The molecule has 82 valence electrons. The van der Waals surface area contributed by atoms with Gasteiger partial charge in [-0.1, -0.05) is 20.3 Å². The predicted molar refractivity (Wildman–Crippen MR) is 62.6 cm³/mol. The number of thioether (sulfide) groups is 1. The van der Waals surface area contributed by atoms with E-state index in [4.69, 9.17) is 0 Å². The molecule has 0 aromatic carbocycles. The van der Waals surface area contributed by atoms with Crippen molar-refractivity contribution in [2.45, 2.75) is 57.2 Å². The van der Waals surface area contributed by atoms with E-state index in [1.165, 1.54) is 19.3 Å². The van der Waals surface area contributed by atoms with Crippen LogP contribution in [-0.4, -0.2) is 23.0 Å². The Labute approximate surface area is 91.2 Å². The molecule has 1 N–H and O–H groups in total. The summed E-state index contributed by atoms with van der Waals surface area (Å²) in [5.41, 5.74) is 0. The van der Waals surface area contributed by atoms with E-state index in [0.29, 0.717) is 17.7 Å². The number of hydrogen-bond donors (Lipinski definition) is 1. The second kappa shape index (κ2) is 6.33. The molecule has 0 unspecified atom stereocenters. The van der Waals surface area contributed by atoms with Crippen molar-refractivity contribution >= 4 is 17.7 Å². The van der Waals surface area contributed by atoms with Gasteiger partial charge in [0.25, 0.3) is 0 Å². The summed E-state index contributed by atoms with van der Waals surface area (Å²) in [6, 6.07) is 0.444. The molecular formula is C11H21NOS. The van der Waals surface area contributed by atoms with E-state index < -0.39 is 0 Å². The Kier molecular flexibility index (Phi) is 5.38. The molecule has 0 heterocycles. The van der Waals surface area contributed by atoms with E-state index in [1.807, 2.05) is 18.7 Å². The normalized spacial score (nSPS) is 26.4. The third-order valence-electron chi connectivity index (χ3n) is 2.66. The van der Waals surface area contributed by atoms with Gasteiger partial charge in [0.05, 0.1) is 0 Å². The van der Waals surface area contributed by atoms with Gasteiger partial charge in [0.1, 0.15) is 0 Å². The molecule has 1 saturated carbocycles. The Balaban J connectivity index is 2.31. The summed E-state index contributed by atoms with van der Waals surface area (Å²) in [5, 5.41) is 3.82. The Morgan fingerprint density at radius 2 is 2.21 bits per heavy atom. The van der Waals surface area contributed by atoms with Crippen LogP contribution < -0.4 is 5.32 Å². The molecule has 3 heteroatoms. The summed E-state index contributed by atoms with van der Waals surface area (Å²) in [6.07, 6.45) is 5.35. The van der Waals surface area contributed by atoms with Gasteiger partial charge in [0.15, 0.2) is 0 Å². The molecule has 1 fully saturated rings. The summed E-state index contributed by atoms with van der Waals surface area (Å²) in [6.45, 7) is 4.24. The zero-order valence-corrected chi connectivity index (χ0v) is 10.0. The lowest BCUT2D eigenvalue weighted by molar-refractivity contribution is -0.121. The minimum absolute atomic E-state index is 0.237. The van der Waals surface area contributed by atoms with Crippen molar-refractivity contribution in [3.8, 4) is 0 Å². The first-order chi connectivity index (χ1) is 6.77. The maximum Gasteiger partial charge on any atom is 0.220 e. The van der Waals surface area contributed by atoms with Crippen LogP contribution >= 0.6 is 11.8 Å². The van der Waals surface area contributed by atoms with Crippen LogP contribution in [0.3, 0.4) is 0 Å². The minimum atomic E-state index is 0.237. The number of nitrogens with one attached hydrogen (secondary N) is 1. The highest BCUT2D eigenvalue weighted by Crippen LogP contribution is 2.29. The molecule has 0 bridgehead atoms. The van der Waals surface area contributed by atoms with Crippen molar-refractivity contribution in [1.29, 1.82) is 0 Å². The summed E-state index contributed by atoms with van der Waals surface area (Å²) in [4.78, 5) is 11.4. The Morgan fingerprint density at radius 1 is 1.43 bits per heavy atom. The van der Waals surface area contributed by atoms with E-state index in [0.717, 1.165) is 12.2 Å². The lowest BCUT2D eigenvalue weighted by Gasteiger charge is -2.19. The lowest BCUT2D eigenvalue weighted by Crippen LogP contribution is -2.38. The highest BCUT2D eigenvalue weighted by atomic mass is 32.2. The number of carbonyl (C=O) groups is 1. The van der Waals surface area contributed by atoms with Crippen molar-refractivity contribution in [3.05, 3.63) is 0 Å². The molecule has 1 rings (SSSR count). The molecule has 0 radical (unpaired) electrons. The Bertz CT molecular complexity index is 184. The fraction of sp³-hybridized carbons (Fsp3) is 0.909. The molecular weight excluding hydrogens is 194 g/mol. The SMILES string of the molecule is CCCC(=O)N[C@H]1CCC[C@@H]1SCC. The standard InChI is InChI=1S/C11H21NOS/c1-3-6-11(13)12-9-7-5-8-10(9)14-4-2/h9-10H,3-8H2,1-2H3,(H,12,13)/t9-,10-/m0/s1. The summed E-state index contributed by atoms with van der Waals surface area (Å²) in [5.74, 6) is 1.39. The molecule has 1 amide bonds. The molecule has 0 aromatic rings. The quantitative estimate of drug-likeness (QED) is 0.763. The lowest BCUT2D eigenvalue weighted by atomic mass is 10.2. The van der Waals surface area contributed by atoms with Crippen LogP contribution in [0.1, 0.15) is 46.0 Å².